The lowest BCUT2D eigenvalue weighted by atomic mass is 9.88. The number of aliphatic hydroxyl groups is 15. The maximum absolute atomic E-state index is 11.8. The van der Waals surface area contributed by atoms with E-state index < -0.39 is 104 Å². The normalized spacial score (nSPS) is 23.1. The van der Waals surface area contributed by atoms with Gasteiger partial charge in [0, 0.05) is 62.0 Å². The second-order valence-electron chi connectivity index (χ2n) is 25.9. The molecule has 22 heteroatoms. The lowest BCUT2D eigenvalue weighted by Crippen LogP contribution is -2.57. The molecule has 1 aliphatic heterocycles. The lowest BCUT2D eigenvalue weighted by molar-refractivity contribution is -0.302. The van der Waals surface area contributed by atoms with Crippen LogP contribution >= 0.6 is 0 Å². The quantitative estimate of drug-likeness (QED) is 0.0143. The van der Waals surface area contributed by atoms with Crippen LogP contribution in [0, 0.1) is 17.8 Å². The molecule has 0 spiro atoms. The van der Waals surface area contributed by atoms with Crippen molar-refractivity contribution in [3.8, 4) is 0 Å². The predicted octanol–water partition coefficient (Wildman–Crippen LogP) is 6.06. The van der Waals surface area contributed by atoms with Gasteiger partial charge in [-0.3, -0.25) is 14.4 Å². The highest BCUT2D eigenvalue weighted by Crippen LogP contribution is 2.25. The first-order valence-electron chi connectivity index (χ1n) is 34.3. The first-order chi connectivity index (χ1) is 45.9. The molecule has 0 aromatic carbocycles. The third-order valence-corrected chi connectivity index (χ3v) is 15.8. The van der Waals surface area contributed by atoms with Crippen LogP contribution in [0.4, 0.5) is 0 Å². The second-order valence-corrected chi connectivity index (χ2v) is 25.9. The van der Waals surface area contributed by atoms with E-state index in [9.17, 15) is 91.0 Å². The number of aliphatic hydroxyl groups excluding tert-OH is 15. The van der Waals surface area contributed by atoms with E-state index in [4.69, 9.17) is 9.47 Å². The number of amides is 1. The molecular formula is C75H120N2O20. The molecule has 1 saturated heterocycles. The van der Waals surface area contributed by atoms with Crippen molar-refractivity contribution in [2.45, 2.75) is 268 Å². The minimum atomic E-state index is -1.32. The zero-order chi connectivity index (χ0) is 72.8. The van der Waals surface area contributed by atoms with Gasteiger partial charge in [-0.25, -0.2) is 0 Å². The van der Waals surface area contributed by atoms with Crippen molar-refractivity contribution < 1.29 is 100 Å². The Bertz CT molecular complexity index is 2580. The molecule has 1 fully saturated rings. The highest BCUT2D eigenvalue weighted by Gasteiger charge is 2.43. The van der Waals surface area contributed by atoms with Crippen LogP contribution in [0.1, 0.15) is 158 Å². The predicted molar refractivity (Wildman–Crippen MR) is 377 cm³/mol. The van der Waals surface area contributed by atoms with E-state index >= 15 is 0 Å². The van der Waals surface area contributed by atoms with Crippen molar-refractivity contribution in [2.24, 2.45) is 17.8 Å². The summed E-state index contributed by atoms with van der Waals surface area (Å²) in [4.78, 5) is 35.1. The average Bonchev–Trinajstić information content (AvgIpc) is 1.79. The Morgan fingerprint density at radius 2 is 1.05 bits per heavy atom. The SMILES string of the molecule is CC(C)NCCCC(O)CC(O)C/C=C/C(O)CC(O)CC(O)CC(O)C/C=C/C(O)CC(O)CC(O)CC(=O)C(C)C.CC(C/C=C/C=C/C=C/C=C/C=C/C(O)C(C)C(O)C(C)/C=C/CC/C=C/C=C/C=C/C=C/C(=O)NC1=C(O)CCC1=O)OC1OC(C)C(O)C(O)C1O. The number of unbranched alkanes of at least 4 members (excludes halogenated alkanes) is 1. The fourth-order valence-electron chi connectivity index (χ4n) is 9.95. The van der Waals surface area contributed by atoms with Crippen molar-refractivity contribution >= 4 is 17.5 Å². The largest absolute Gasteiger partial charge is 0.510 e. The van der Waals surface area contributed by atoms with Gasteiger partial charge in [0.15, 0.2) is 12.1 Å². The first kappa shape index (κ1) is 89.6. The van der Waals surface area contributed by atoms with Crippen LogP contribution in [0.15, 0.2) is 157 Å². The van der Waals surface area contributed by atoms with Gasteiger partial charge in [0.05, 0.1) is 79.4 Å². The molecule has 19 unspecified atom stereocenters. The molecule has 97 heavy (non-hydrogen) atoms. The van der Waals surface area contributed by atoms with Gasteiger partial charge in [-0.05, 0) is 91.0 Å². The van der Waals surface area contributed by atoms with Crippen LogP contribution in [-0.4, -0.2) is 211 Å². The molecule has 0 saturated carbocycles. The topological polar surface area (TPSA) is 397 Å². The molecule has 1 aliphatic carbocycles. The first-order valence-corrected chi connectivity index (χ1v) is 34.3. The van der Waals surface area contributed by atoms with E-state index in [0.717, 1.165) is 25.8 Å². The molecule has 22 nitrogen and oxygen atoms in total. The Balaban J connectivity index is 0.000000998. The third-order valence-electron chi connectivity index (χ3n) is 15.8. The van der Waals surface area contributed by atoms with Crippen molar-refractivity contribution in [1.29, 1.82) is 0 Å². The summed E-state index contributed by atoms with van der Waals surface area (Å²) in [5.74, 6) is -1.62. The van der Waals surface area contributed by atoms with Crippen molar-refractivity contribution in [3.63, 3.8) is 0 Å². The summed E-state index contributed by atoms with van der Waals surface area (Å²) in [6.45, 7) is 15.6. The van der Waals surface area contributed by atoms with E-state index in [-0.39, 0.29) is 118 Å². The highest BCUT2D eigenvalue weighted by atomic mass is 16.7. The second kappa shape index (κ2) is 52.6. The Labute approximate surface area is 575 Å². The van der Waals surface area contributed by atoms with Crippen LogP contribution in [0.2, 0.25) is 0 Å². The number of hydrogen-bond donors (Lipinski definition) is 17. The zero-order valence-corrected chi connectivity index (χ0v) is 58.3. The average molecular weight is 1370 g/mol. The molecule has 2 rings (SSSR count). The molecule has 550 valence electrons. The summed E-state index contributed by atoms with van der Waals surface area (Å²) in [6.07, 6.45) is 31.0. The van der Waals surface area contributed by atoms with Gasteiger partial charge in [-0.1, -0.05) is 181 Å². The van der Waals surface area contributed by atoms with E-state index in [1.807, 2.05) is 99.8 Å². The van der Waals surface area contributed by atoms with E-state index in [1.54, 1.807) is 63.3 Å². The number of nitrogens with one attached hydrogen (secondary N) is 2. The lowest BCUT2D eigenvalue weighted by Gasteiger charge is -2.39. The van der Waals surface area contributed by atoms with Crippen LogP contribution in [0.25, 0.3) is 0 Å². The van der Waals surface area contributed by atoms with Gasteiger partial charge in [0.1, 0.15) is 35.6 Å². The fourth-order valence-corrected chi connectivity index (χ4v) is 9.95. The van der Waals surface area contributed by atoms with Gasteiger partial charge in [-0.2, -0.15) is 0 Å². The van der Waals surface area contributed by atoms with Gasteiger partial charge < -0.3 is 96.7 Å². The van der Waals surface area contributed by atoms with Crippen LogP contribution in [-0.2, 0) is 23.9 Å². The number of Topliss-reactive ketones (excluding diaryl/α,β-unsaturated/α-hetero) is 2. The molecule has 0 aromatic rings. The van der Waals surface area contributed by atoms with Crippen molar-refractivity contribution in [2.75, 3.05) is 6.54 Å². The summed E-state index contributed by atoms with van der Waals surface area (Å²) < 4.78 is 11.1. The maximum atomic E-state index is 11.8. The smallest absolute Gasteiger partial charge is 0.248 e. The monoisotopic (exact) mass is 1370 g/mol. The molecule has 17 N–H and O–H groups in total. The third kappa shape index (κ3) is 43.6. The summed E-state index contributed by atoms with van der Waals surface area (Å²) in [7, 11) is 0. The summed E-state index contributed by atoms with van der Waals surface area (Å²) in [5.41, 5.74) is -0.0185. The van der Waals surface area contributed by atoms with Crippen LogP contribution in [0.3, 0.4) is 0 Å². The molecule has 1 heterocycles. The van der Waals surface area contributed by atoms with Gasteiger partial charge in [-0.15, -0.1) is 0 Å². The number of carbonyl (C=O) groups excluding carboxylic acids is 3. The standard InChI is InChI=1S/C43H59NO10.C32H61NO10/c1-30(24-20-16-12-8-5-6-11-15-19-23-27-37(48)44-38-35(46)28-29-36(38)47)39(49)32(3)34(45)26-22-18-14-10-7-9-13-17-21-25-31(2)53-43-42(52)41(51)40(50)33(4)54-43;1-21(2)32(43)20-31(42)19-30(41)17-26(37)11-6-10-25(36)16-29(40)18-28(39)15-24(35)9-5-8-23(34)14-27(38)12-7-13-33-22(3)4/h5-11,13-15,17-24,26-27,30-34,39-43,45-46,49-52H,12,16,25,28-29H2,1-4H3,(H,44,48);5-6,9,11,21-31,33-42H,7-8,10,12-20H2,1-4H3/b8-5+,10-7+,11-6+,13-9+,18-14+,19-15+,21-17+,24-20+,26-22+,27-23+;9-5+,11-6+. The fraction of sp³-hybridized carbons (Fsp3) is 0.613. The molecule has 19 atom stereocenters. The van der Waals surface area contributed by atoms with E-state index in [1.165, 1.54) is 24.3 Å². The Kier molecular flexibility index (Phi) is 48.5. The Morgan fingerprint density at radius 1 is 0.546 bits per heavy atom. The zero-order valence-electron chi connectivity index (χ0n) is 58.3. The van der Waals surface area contributed by atoms with Crippen molar-refractivity contribution in [1.82, 2.24) is 10.6 Å². The molecule has 0 aromatic heterocycles. The van der Waals surface area contributed by atoms with Crippen LogP contribution in [0.5, 0.6) is 0 Å². The molecular weight excluding hydrogens is 1250 g/mol. The van der Waals surface area contributed by atoms with Crippen LogP contribution < -0.4 is 10.6 Å². The number of carbonyl (C=O) groups is 3. The number of ether oxygens (including phenoxy) is 2. The summed E-state index contributed by atoms with van der Waals surface area (Å²) >= 11 is 0. The molecule has 0 bridgehead atoms. The molecule has 0 radical (unpaired) electrons. The van der Waals surface area contributed by atoms with Gasteiger partial charge in [0.25, 0.3) is 0 Å². The molecule has 1 amide bonds. The van der Waals surface area contributed by atoms with E-state index in [0.29, 0.717) is 18.9 Å². The number of ketones is 2. The summed E-state index contributed by atoms with van der Waals surface area (Å²) in [5, 5.41) is 157. The van der Waals surface area contributed by atoms with Crippen molar-refractivity contribution in [3.05, 3.63) is 157 Å². The maximum Gasteiger partial charge on any atom is 0.248 e. The van der Waals surface area contributed by atoms with Gasteiger partial charge in [0.2, 0.25) is 5.91 Å². The Morgan fingerprint density at radius 3 is 1.61 bits per heavy atom. The number of hydrogen-bond acceptors (Lipinski definition) is 21. The van der Waals surface area contributed by atoms with Gasteiger partial charge >= 0.3 is 0 Å². The minimum absolute atomic E-state index is 0.0185. The number of rotatable bonds is 47. The number of allylic oxidation sites excluding steroid dienone is 18. The highest BCUT2D eigenvalue weighted by molar-refractivity contribution is 6.03. The van der Waals surface area contributed by atoms with E-state index in [2.05, 4.69) is 24.5 Å². The molecule has 2 aliphatic rings. The minimum Gasteiger partial charge on any atom is -0.510 e. The Hall–Kier alpha value is -5.45. The summed E-state index contributed by atoms with van der Waals surface area (Å²) in [6, 6.07) is 0.387.